The summed E-state index contributed by atoms with van der Waals surface area (Å²) in [7, 11) is 1.33. The highest BCUT2D eigenvalue weighted by Crippen LogP contribution is 2.33. The maximum Gasteiger partial charge on any atom is 0.337 e. The largest absolute Gasteiger partial charge is 0.493 e. The molecule has 1 unspecified atom stereocenters. The molecule has 34 heavy (non-hydrogen) atoms. The summed E-state index contributed by atoms with van der Waals surface area (Å²) < 4.78 is 10.3. The first-order valence-electron chi connectivity index (χ1n) is 10.7. The number of pyridine rings is 1. The standard InChI is InChI=1S/C27H21N3O4/c1-33-27(32)21-4-2-3-18(13-21)5-6-19-9-11-29-23(14-19)17-30-26(31)20-7-8-25-24(15-20)22(16-28)10-12-34-25/h2-4,7-9,11,13-15,22H,10,12,17H2,1H3,(H,30,31). The number of hydrogen-bond acceptors (Lipinski definition) is 6. The first-order valence-corrected chi connectivity index (χ1v) is 10.7. The molecule has 2 aromatic carbocycles. The molecule has 1 aliphatic heterocycles. The van der Waals surface area contributed by atoms with Crippen molar-refractivity contribution in [1.29, 1.82) is 5.26 Å². The summed E-state index contributed by atoms with van der Waals surface area (Å²) in [6.45, 7) is 0.722. The van der Waals surface area contributed by atoms with E-state index in [9.17, 15) is 14.9 Å². The Labute approximate surface area is 197 Å². The minimum atomic E-state index is -0.416. The first kappa shape index (κ1) is 22.6. The van der Waals surface area contributed by atoms with Gasteiger partial charge in [0.05, 0.1) is 43.5 Å². The molecule has 0 fully saturated rings. The highest BCUT2D eigenvalue weighted by atomic mass is 16.5. The van der Waals surface area contributed by atoms with E-state index in [4.69, 9.17) is 9.47 Å². The zero-order chi connectivity index (χ0) is 23.9. The molecule has 4 rings (SSSR count). The lowest BCUT2D eigenvalue weighted by Gasteiger charge is -2.21. The molecule has 168 valence electrons. The van der Waals surface area contributed by atoms with Gasteiger partial charge in [-0.2, -0.15) is 5.26 Å². The lowest BCUT2D eigenvalue weighted by Crippen LogP contribution is -2.24. The van der Waals surface area contributed by atoms with Crippen molar-refractivity contribution < 1.29 is 19.1 Å². The number of carbonyl (C=O) groups excluding carboxylic acids is 2. The van der Waals surface area contributed by atoms with E-state index in [0.717, 1.165) is 11.1 Å². The van der Waals surface area contributed by atoms with Crippen molar-refractivity contribution in [3.8, 4) is 23.7 Å². The summed E-state index contributed by atoms with van der Waals surface area (Å²) in [5, 5.41) is 12.2. The van der Waals surface area contributed by atoms with E-state index in [-0.39, 0.29) is 18.4 Å². The van der Waals surface area contributed by atoms with Crippen LogP contribution in [0.15, 0.2) is 60.8 Å². The third kappa shape index (κ3) is 5.23. The van der Waals surface area contributed by atoms with Gasteiger partial charge in [0.15, 0.2) is 0 Å². The Balaban J connectivity index is 1.43. The van der Waals surface area contributed by atoms with Crippen molar-refractivity contribution in [3.05, 3.63) is 94.3 Å². The zero-order valence-electron chi connectivity index (χ0n) is 18.5. The molecule has 1 aromatic heterocycles. The summed E-state index contributed by atoms with van der Waals surface area (Å²) in [4.78, 5) is 28.7. The van der Waals surface area contributed by atoms with Crippen LogP contribution in [-0.2, 0) is 11.3 Å². The van der Waals surface area contributed by atoms with Crippen LogP contribution < -0.4 is 10.1 Å². The molecular weight excluding hydrogens is 430 g/mol. The van der Waals surface area contributed by atoms with Crippen LogP contribution in [0, 0.1) is 23.2 Å². The number of amides is 1. The summed E-state index contributed by atoms with van der Waals surface area (Å²) in [5.74, 6) is 5.78. The van der Waals surface area contributed by atoms with Crippen LogP contribution in [0.1, 0.15) is 55.4 Å². The molecule has 2 heterocycles. The van der Waals surface area contributed by atoms with Crippen LogP contribution >= 0.6 is 0 Å². The smallest absolute Gasteiger partial charge is 0.337 e. The highest BCUT2D eigenvalue weighted by Gasteiger charge is 2.22. The average molecular weight is 451 g/mol. The van der Waals surface area contributed by atoms with E-state index >= 15 is 0 Å². The second kappa shape index (κ2) is 10.3. The number of benzene rings is 2. The predicted octanol–water partition coefficient (Wildman–Crippen LogP) is 3.59. The molecule has 1 atom stereocenters. The number of aromatic nitrogens is 1. The quantitative estimate of drug-likeness (QED) is 0.481. The number of esters is 1. The summed E-state index contributed by atoms with van der Waals surface area (Å²) in [6, 6.07) is 17.9. The maximum atomic E-state index is 12.7. The van der Waals surface area contributed by atoms with Crippen molar-refractivity contribution in [1.82, 2.24) is 10.3 Å². The topological polar surface area (TPSA) is 101 Å². The Morgan fingerprint density at radius 3 is 2.74 bits per heavy atom. The van der Waals surface area contributed by atoms with Gasteiger partial charge in [-0.1, -0.05) is 17.9 Å². The molecule has 0 aliphatic carbocycles. The second-order valence-electron chi connectivity index (χ2n) is 7.61. The second-order valence-corrected chi connectivity index (χ2v) is 7.61. The van der Waals surface area contributed by atoms with E-state index in [0.29, 0.717) is 41.2 Å². The van der Waals surface area contributed by atoms with Crippen molar-refractivity contribution in [2.45, 2.75) is 18.9 Å². The van der Waals surface area contributed by atoms with Gasteiger partial charge in [-0.15, -0.1) is 0 Å². The van der Waals surface area contributed by atoms with Gasteiger partial charge in [-0.05, 0) is 48.5 Å². The number of hydrogen-bond donors (Lipinski definition) is 1. The molecule has 0 spiro atoms. The van der Waals surface area contributed by atoms with E-state index in [1.807, 2.05) is 6.07 Å². The minimum absolute atomic E-state index is 0.224. The minimum Gasteiger partial charge on any atom is -0.493 e. The summed E-state index contributed by atoms with van der Waals surface area (Å²) in [5.41, 5.74) is 3.70. The fourth-order valence-electron chi connectivity index (χ4n) is 3.58. The van der Waals surface area contributed by atoms with Gasteiger partial charge >= 0.3 is 5.97 Å². The van der Waals surface area contributed by atoms with Crippen LogP contribution in [0.4, 0.5) is 0 Å². The molecule has 0 saturated carbocycles. The number of nitrogens with zero attached hydrogens (tertiary/aromatic N) is 2. The van der Waals surface area contributed by atoms with Crippen LogP contribution in [0.3, 0.4) is 0 Å². The predicted molar refractivity (Wildman–Crippen MR) is 124 cm³/mol. The summed E-state index contributed by atoms with van der Waals surface area (Å²) in [6.07, 6.45) is 2.24. The fourth-order valence-corrected chi connectivity index (χ4v) is 3.58. The number of nitriles is 1. The van der Waals surface area contributed by atoms with Gasteiger partial charge in [-0.25, -0.2) is 4.79 Å². The monoisotopic (exact) mass is 451 g/mol. The summed E-state index contributed by atoms with van der Waals surface area (Å²) >= 11 is 0. The highest BCUT2D eigenvalue weighted by molar-refractivity contribution is 5.94. The van der Waals surface area contributed by atoms with Crippen LogP contribution in [0.5, 0.6) is 5.75 Å². The molecule has 0 radical (unpaired) electrons. The Hall–Kier alpha value is -4.62. The van der Waals surface area contributed by atoms with E-state index in [2.05, 4.69) is 28.2 Å². The van der Waals surface area contributed by atoms with E-state index in [1.54, 1.807) is 54.7 Å². The molecular formula is C27H21N3O4. The molecule has 1 N–H and O–H groups in total. The number of nitrogens with one attached hydrogen (secondary N) is 1. The zero-order valence-corrected chi connectivity index (χ0v) is 18.5. The third-order valence-corrected chi connectivity index (χ3v) is 5.35. The number of fused-ring (bicyclic) bond motifs is 1. The normalized spacial score (nSPS) is 13.8. The van der Waals surface area contributed by atoms with E-state index in [1.165, 1.54) is 7.11 Å². The Kier molecular flexibility index (Phi) is 6.86. The van der Waals surface area contributed by atoms with Crippen LogP contribution in [-0.4, -0.2) is 30.6 Å². The molecule has 1 amide bonds. The van der Waals surface area contributed by atoms with Crippen LogP contribution in [0.2, 0.25) is 0 Å². The third-order valence-electron chi connectivity index (χ3n) is 5.35. The van der Waals surface area contributed by atoms with Gasteiger partial charge in [0.25, 0.3) is 5.91 Å². The van der Waals surface area contributed by atoms with Crippen molar-refractivity contribution in [2.24, 2.45) is 0 Å². The van der Waals surface area contributed by atoms with Crippen molar-refractivity contribution in [2.75, 3.05) is 13.7 Å². The fraction of sp³-hybridized carbons (Fsp3) is 0.185. The molecule has 0 saturated heterocycles. The Morgan fingerprint density at radius 1 is 1.12 bits per heavy atom. The van der Waals surface area contributed by atoms with E-state index < -0.39 is 5.97 Å². The van der Waals surface area contributed by atoms with Gasteiger partial charge in [0.1, 0.15) is 5.75 Å². The van der Waals surface area contributed by atoms with Gasteiger partial charge in [-0.3, -0.25) is 9.78 Å². The molecule has 1 aliphatic rings. The van der Waals surface area contributed by atoms with Gasteiger partial charge < -0.3 is 14.8 Å². The Bertz CT molecular complexity index is 1350. The van der Waals surface area contributed by atoms with Crippen molar-refractivity contribution >= 4 is 11.9 Å². The number of ether oxygens (including phenoxy) is 2. The SMILES string of the molecule is COC(=O)c1cccc(C#Cc2ccnc(CNC(=O)c3ccc4c(c3)C(C#N)CCO4)c2)c1. The lowest BCUT2D eigenvalue weighted by atomic mass is 9.93. The Morgan fingerprint density at radius 2 is 1.94 bits per heavy atom. The van der Waals surface area contributed by atoms with Crippen LogP contribution in [0.25, 0.3) is 0 Å². The first-order chi connectivity index (χ1) is 16.6. The average Bonchev–Trinajstić information content (AvgIpc) is 2.89. The van der Waals surface area contributed by atoms with Gasteiger partial charge in [0, 0.05) is 34.9 Å². The number of methoxy groups -OCH3 is 1. The molecule has 0 bridgehead atoms. The number of carbonyl (C=O) groups is 2. The maximum absolute atomic E-state index is 12.7. The molecule has 7 nitrogen and oxygen atoms in total. The lowest BCUT2D eigenvalue weighted by molar-refractivity contribution is 0.0600. The molecule has 3 aromatic rings. The van der Waals surface area contributed by atoms with Crippen molar-refractivity contribution in [3.63, 3.8) is 0 Å². The van der Waals surface area contributed by atoms with Gasteiger partial charge in [0.2, 0.25) is 0 Å². The number of rotatable bonds is 4. The molecule has 7 heteroatoms.